The van der Waals surface area contributed by atoms with Crippen molar-refractivity contribution in [2.45, 2.75) is 23.1 Å². The van der Waals surface area contributed by atoms with Gasteiger partial charge in [-0.05, 0) is 18.6 Å². The van der Waals surface area contributed by atoms with E-state index in [-0.39, 0.29) is 5.12 Å². The Bertz CT molecular complexity index is 355. The van der Waals surface area contributed by atoms with Crippen LogP contribution in [0.1, 0.15) is 13.3 Å². The molecule has 0 aromatic heterocycles. The third kappa shape index (κ3) is 2.22. The molecule has 1 aromatic rings. The van der Waals surface area contributed by atoms with E-state index < -0.39 is 4.87 Å². The summed E-state index contributed by atoms with van der Waals surface area (Å²) >= 11 is 3.00. The summed E-state index contributed by atoms with van der Waals surface area (Å²) in [7, 11) is 0. The SMILES string of the molecule is CCC1(Sc2ccccc2)NCSC1=O. The summed E-state index contributed by atoms with van der Waals surface area (Å²) in [4.78, 5) is 12.5. The molecule has 2 nitrogen and oxygen atoms in total. The molecular formula is C11H13NOS2. The van der Waals surface area contributed by atoms with Crippen molar-refractivity contribution in [1.29, 1.82) is 0 Å². The molecule has 0 aliphatic carbocycles. The van der Waals surface area contributed by atoms with Crippen LogP contribution in [0.25, 0.3) is 0 Å². The van der Waals surface area contributed by atoms with Gasteiger partial charge in [0, 0.05) is 4.90 Å². The van der Waals surface area contributed by atoms with Gasteiger partial charge < -0.3 is 0 Å². The van der Waals surface area contributed by atoms with Crippen LogP contribution in [0.3, 0.4) is 0 Å². The molecule has 1 heterocycles. The molecule has 1 unspecified atom stereocenters. The summed E-state index contributed by atoms with van der Waals surface area (Å²) in [6.07, 6.45) is 0.818. The number of carbonyl (C=O) groups is 1. The van der Waals surface area contributed by atoms with Crippen molar-refractivity contribution in [2.24, 2.45) is 0 Å². The first kappa shape index (κ1) is 11.0. The van der Waals surface area contributed by atoms with E-state index in [1.165, 1.54) is 11.8 Å². The Morgan fingerprint density at radius 2 is 2.20 bits per heavy atom. The Morgan fingerprint density at radius 1 is 1.47 bits per heavy atom. The fraction of sp³-hybridized carbons (Fsp3) is 0.364. The maximum Gasteiger partial charge on any atom is 0.220 e. The van der Waals surface area contributed by atoms with Gasteiger partial charge in [-0.15, -0.1) is 0 Å². The first-order chi connectivity index (χ1) is 7.27. The maximum atomic E-state index is 11.8. The highest BCUT2D eigenvalue weighted by Crippen LogP contribution is 2.40. The molecule has 1 fully saturated rings. The molecule has 1 N–H and O–H groups in total. The number of carbonyl (C=O) groups excluding carboxylic acids is 1. The van der Waals surface area contributed by atoms with Crippen LogP contribution in [0.15, 0.2) is 35.2 Å². The van der Waals surface area contributed by atoms with Crippen molar-refractivity contribution in [1.82, 2.24) is 5.32 Å². The van der Waals surface area contributed by atoms with E-state index in [0.717, 1.165) is 17.2 Å². The van der Waals surface area contributed by atoms with Crippen molar-refractivity contribution in [3.05, 3.63) is 30.3 Å². The van der Waals surface area contributed by atoms with Gasteiger partial charge in [0.1, 0.15) is 4.87 Å². The second kappa shape index (κ2) is 4.60. The number of nitrogens with one attached hydrogen (secondary N) is 1. The number of thioether (sulfide) groups is 2. The zero-order valence-corrected chi connectivity index (χ0v) is 10.2. The van der Waals surface area contributed by atoms with Crippen LogP contribution in [-0.2, 0) is 4.79 Å². The van der Waals surface area contributed by atoms with Gasteiger partial charge in [-0.1, -0.05) is 48.6 Å². The van der Waals surface area contributed by atoms with Gasteiger partial charge in [-0.3, -0.25) is 10.1 Å². The van der Waals surface area contributed by atoms with Crippen LogP contribution in [0.5, 0.6) is 0 Å². The van der Waals surface area contributed by atoms with Crippen LogP contribution >= 0.6 is 23.5 Å². The molecule has 1 aliphatic heterocycles. The van der Waals surface area contributed by atoms with E-state index in [1.54, 1.807) is 11.8 Å². The zero-order valence-electron chi connectivity index (χ0n) is 8.53. The lowest BCUT2D eigenvalue weighted by Gasteiger charge is -2.24. The number of benzene rings is 1. The van der Waals surface area contributed by atoms with Gasteiger partial charge in [-0.2, -0.15) is 0 Å². The fourth-order valence-electron chi connectivity index (χ4n) is 1.52. The maximum absolute atomic E-state index is 11.8. The molecule has 1 aromatic carbocycles. The molecule has 15 heavy (non-hydrogen) atoms. The Balaban J connectivity index is 2.19. The summed E-state index contributed by atoms with van der Waals surface area (Å²) < 4.78 is 0. The lowest BCUT2D eigenvalue weighted by atomic mass is 10.2. The summed E-state index contributed by atoms with van der Waals surface area (Å²) in [5.74, 6) is 0.729. The molecule has 0 saturated carbocycles. The van der Waals surface area contributed by atoms with Crippen LogP contribution in [-0.4, -0.2) is 15.9 Å². The van der Waals surface area contributed by atoms with Crippen LogP contribution in [0.2, 0.25) is 0 Å². The summed E-state index contributed by atoms with van der Waals surface area (Å²) in [6, 6.07) is 10.1. The van der Waals surface area contributed by atoms with E-state index in [9.17, 15) is 4.79 Å². The average Bonchev–Trinajstić information content (AvgIpc) is 2.62. The van der Waals surface area contributed by atoms with Gasteiger partial charge in [0.05, 0.1) is 5.88 Å². The van der Waals surface area contributed by atoms with E-state index in [1.807, 2.05) is 37.3 Å². The Hall–Kier alpha value is -0.450. The monoisotopic (exact) mass is 239 g/mol. The molecule has 4 heteroatoms. The third-order valence-electron chi connectivity index (χ3n) is 2.42. The fourth-order valence-corrected chi connectivity index (χ4v) is 3.88. The van der Waals surface area contributed by atoms with Gasteiger partial charge in [-0.25, -0.2) is 0 Å². The lowest BCUT2D eigenvalue weighted by Crippen LogP contribution is -2.40. The highest BCUT2D eigenvalue weighted by molar-refractivity contribution is 8.17. The molecule has 1 atom stereocenters. The minimum absolute atomic E-state index is 0.249. The number of hydrogen-bond donors (Lipinski definition) is 1. The minimum Gasteiger partial charge on any atom is -0.286 e. The van der Waals surface area contributed by atoms with E-state index in [4.69, 9.17) is 0 Å². The Labute approximate surface area is 98.2 Å². The van der Waals surface area contributed by atoms with Crippen molar-refractivity contribution in [3.63, 3.8) is 0 Å². The second-order valence-electron chi connectivity index (χ2n) is 3.35. The number of hydrogen-bond acceptors (Lipinski definition) is 4. The second-order valence-corrected chi connectivity index (χ2v) is 5.67. The molecule has 1 aliphatic rings. The first-order valence-electron chi connectivity index (χ1n) is 4.93. The quantitative estimate of drug-likeness (QED) is 0.878. The first-order valence-corrected chi connectivity index (χ1v) is 6.73. The third-order valence-corrected chi connectivity index (χ3v) is 4.93. The average molecular weight is 239 g/mol. The molecule has 1 saturated heterocycles. The normalized spacial score (nSPS) is 25.8. The van der Waals surface area contributed by atoms with Gasteiger partial charge in [0.15, 0.2) is 0 Å². The van der Waals surface area contributed by atoms with Crippen LogP contribution in [0, 0.1) is 0 Å². The molecule has 0 bridgehead atoms. The molecule has 0 spiro atoms. The van der Waals surface area contributed by atoms with Crippen molar-refractivity contribution < 1.29 is 4.79 Å². The largest absolute Gasteiger partial charge is 0.286 e. The predicted molar refractivity (Wildman–Crippen MR) is 65.9 cm³/mol. The smallest absolute Gasteiger partial charge is 0.220 e. The molecule has 0 radical (unpaired) electrons. The van der Waals surface area contributed by atoms with Crippen LogP contribution < -0.4 is 5.32 Å². The van der Waals surface area contributed by atoms with Gasteiger partial charge >= 0.3 is 0 Å². The van der Waals surface area contributed by atoms with E-state index in [2.05, 4.69) is 5.32 Å². The highest BCUT2D eigenvalue weighted by atomic mass is 32.2. The number of rotatable bonds is 3. The topological polar surface area (TPSA) is 29.1 Å². The molecule has 80 valence electrons. The lowest BCUT2D eigenvalue weighted by molar-refractivity contribution is -0.113. The predicted octanol–water partition coefficient (Wildman–Crippen LogP) is 2.71. The molecule has 0 amide bonds. The summed E-state index contributed by atoms with van der Waals surface area (Å²) in [5.41, 5.74) is 0. The van der Waals surface area contributed by atoms with Crippen molar-refractivity contribution in [3.8, 4) is 0 Å². The van der Waals surface area contributed by atoms with Crippen molar-refractivity contribution >= 4 is 28.6 Å². The van der Waals surface area contributed by atoms with Crippen LogP contribution in [0.4, 0.5) is 0 Å². The standard InChI is InChI=1S/C11H13NOS2/c1-2-11(10(13)14-8-12-11)15-9-6-4-3-5-7-9/h3-7,12H,2,8H2,1H3. The highest BCUT2D eigenvalue weighted by Gasteiger charge is 2.41. The molecule has 2 rings (SSSR count). The Morgan fingerprint density at radius 3 is 2.73 bits per heavy atom. The van der Waals surface area contributed by atoms with Crippen molar-refractivity contribution in [2.75, 3.05) is 5.88 Å². The van der Waals surface area contributed by atoms with E-state index in [0.29, 0.717) is 0 Å². The molecular weight excluding hydrogens is 226 g/mol. The summed E-state index contributed by atoms with van der Waals surface area (Å²) in [5, 5.41) is 3.54. The zero-order chi connectivity index (χ0) is 10.7. The minimum atomic E-state index is -0.411. The summed E-state index contributed by atoms with van der Waals surface area (Å²) in [6.45, 7) is 2.05. The van der Waals surface area contributed by atoms with Gasteiger partial charge in [0.2, 0.25) is 5.12 Å². The van der Waals surface area contributed by atoms with E-state index >= 15 is 0 Å². The van der Waals surface area contributed by atoms with Gasteiger partial charge in [0.25, 0.3) is 0 Å². The Kier molecular flexibility index (Phi) is 3.38.